The molecule has 0 spiro atoms. The molecule has 0 aliphatic heterocycles. The van der Waals surface area contributed by atoms with Gasteiger partial charge in [-0.05, 0) is 12.1 Å². The highest BCUT2D eigenvalue weighted by Crippen LogP contribution is 2.36. The average molecular weight is 211 g/mol. The number of anilines is 1. The van der Waals surface area contributed by atoms with Gasteiger partial charge >= 0.3 is 6.18 Å². The summed E-state index contributed by atoms with van der Waals surface area (Å²) in [5.41, 5.74) is 3.64. The maximum absolute atomic E-state index is 12.8. The molecular weight excluding hydrogens is 206 g/mol. The van der Waals surface area contributed by atoms with Gasteiger partial charge in [0.1, 0.15) is 11.4 Å². The predicted molar refractivity (Wildman–Crippen MR) is 43.1 cm³/mol. The number of benzene rings is 1. The quantitative estimate of drug-likeness (QED) is 0.385. The van der Waals surface area contributed by atoms with Gasteiger partial charge in [0.15, 0.2) is 0 Å². The Bertz CT molecular complexity index is 311. The van der Waals surface area contributed by atoms with Crippen molar-refractivity contribution in [3.05, 3.63) is 23.5 Å². The van der Waals surface area contributed by atoms with Gasteiger partial charge in [-0.15, -0.1) is 12.6 Å². The summed E-state index contributed by atoms with van der Waals surface area (Å²) < 4.78 is 49.1. The molecule has 0 bridgehead atoms. The Kier molecular flexibility index (Phi) is 2.42. The number of hydrogen-bond acceptors (Lipinski definition) is 2. The Morgan fingerprint density at radius 1 is 1.23 bits per heavy atom. The molecule has 1 aromatic carbocycles. The SMILES string of the molecule is Nc1cc(F)c(C(F)(F)F)c(S)c1. The van der Waals surface area contributed by atoms with E-state index in [9.17, 15) is 17.6 Å². The lowest BCUT2D eigenvalue weighted by Crippen LogP contribution is -2.10. The molecule has 13 heavy (non-hydrogen) atoms. The van der Waals surface area contributed by atoms with Crippen LogP contribution in [0, 0.1) is 5.82 Å². The summed E-state index contributed by atoms with van der Waals surface area (Å²) in [6.45, 7) is 0. The van der Waals surface area contributed by atoms with E-state index >= 15 is 0 Å². The molecule has 1 aromatic rings. The van der Waals surface area contributed by atoms with Gasteiger partial charge in [0.05, 0.1) is 0 Å². The van der Waals surface area contributed by atoms with Crippen LogP contribution in [0.15, 0.2) is 17.0 Å². The summed E-state index contributed by atoms with van der Waals surface area (Å²) >= 11 is 3.49. The predicted octanol–water partition coefficient (Wildman–Crippen LogP) is 2.72. The molecule has 6 heteroatoms. The number of nitrogens with two attached hydrogens (primary N) is 1. The maximum Gasteiger partial charge on any atom is 0.420 e. The van der Waals surface area contributed by atoms with Crippen LogP contribution in [0.3, 0.4) is 0 Å². The summed E-state index contributed by atoms with van der Waals surface area (Å²) in [7, 11) is 0. The Hall–Kier alpha value is -0.910. The van der Waals surface area contributed by atoms with Crippen LogP contribution in [0.25, 0.3) is 0 Å². The fourth-order valence-corrected chi connectivity index (χ4v) is 1.28. The highest BCUT2D eigenvalue weighted by Gasteiger charge is 2.36. The lowest BCUT2D eigenvalue weighted by molar-refractivity contribution is -0.142. The van der Waals surface area contributed by atoms with Gasteiger partial charge in [0.2, 0.25) is 0 Å². The smallest absolute Gasteiger partial charge is 0.399 e. The second kappa shape index (κ2) is 3.10. The Morgan fingerprint density at radius 2 is 1.77 bits per heavy atom. The van der Waals surface area contributed by atoms with Crippen molar-refractivity contribution in [2.75, 3.05) is 5.73 Å². The van der Waals surface area contributed by atoms with E-state index in [0.29, 0.717) is 6.07 Å². The zero-order valence-corrected chi connectivity index (χ0v) is 7.09. The van der Waals surface area contributed by atoms with Gasteiger partial charge in [0, 0.05) is 10.6 Å². The third-order valence-electron chi connectivity index (χ3n) is 1.38. The van der Waals surface area contributed by atoms with E-state index in [4.69, 9.17) is 5.73 Å². The number of nitrogen functional groups attached to an aromatic ring is 1. The van der Waals surface area contributed by atoms with E-state index in [-0.39, 0.29) is 5.69 Å². The van der Waals surface area contributed by atoms with Gasteiger partial charge < -0.3 is 5.73 Å². The second-order valence-electron chi connectivity index (χ2n) is 2.39. The third kappa shape index (κ3) is 2.06. The molecular formula is C7H5F4NS. The molecule has 0 fully saturated rings. The largest absolute Gasteiger partial charge is 0.420 e. The maximum atomic E-state index is 12.8. The van der Waals surface area contributed by atoms with Crippen LogP contribution < -0.4 is 5.73 Å². The Morgan fingerprint density at radius 3 is 2.15 bits per heavy atom. The van der Waals surface area contributed by atoms with Crippen LogP contribution in [-0.4, -0.2) is 0 Å². The summed E-state index contributed by atoms with van der Waals surface area (Å²) in [5, 5.41) is 0. The van der Waals surface area contributed by atoms with Gasteiger partial charge in [-0.3, -0.25) is 0 Å². The van der Waals surface area contributed by atoms with Crippen molar-refractivity contribution in [3.63, 3.8) is 0 Å². The zero-order chi connectivity index (χ0) is 10.2. The molecule has 0 unspecified atom stereocenters. The van der Waals surface area contributed by atoms with E-state index in [0.717, 1.165) is 6.07 Å². The first kappa shape index (κ1) is 10.2. The summed E-state index contributed by atoms with van der Waals surface area (Å²) in [6.07, 6.45) is -4.74. The fraction of sp³-hybridized carbons (Fsp3) is 0.143. The highest BCUT2D eigenvalue weighted by molar-refractivity contribution is 7.80. The second-order valence-corrected chi connectivity index (χ2v) is 2.88. The van der Waals surface area contributed by atoms with Crippen LogP contribution in [0.2, 0.25) is 0 Å². The van der Waals surface area contributed by atoms with Crippen LogP contribution in [-0.2, 0) is 6.18 Å². The molecule has 0 radical (unpaired) electrons. The van der Waals surface area contributed by atoms with Crippen molar-refractivity contribution in [2.45, 2.75) is 11.1 Å². The first-order valence-corrected chi connectivity index (χ1v) is 3.62. The molecule has 0 atom stereocenters. The first-order chi connectivity index (χ1) is 5.82. The summed E-state index contributed by atoms with van der Waals surface area (Å²) in [5.74, 6) is -1.41. The van der Waals surface area contributed by atoms with Crippen LogP contribution >= 0.6 is 12.6 Å². The molecule has 0 aromatic heterocycles. The van der Waals surface area contributed by atoms with Gasteiger partial charge in [-0.1, -0.05) is 0 Å². The summed E-state index contributed by atoms with van der Waals surface area (Å²) in [4.78, 5) is -0.509. The molecule has 0 heterocycles. The topological polar surface area (TPSA) is 26.0 Å². The number of rotatable bonds is 0. The normalized spacial score (nSPS) is 11.8. The minimum Gasteiger partial charge on any atom is -0.399 e. The minimum atomic E-state index is -4.74. The number of hydrogen-bond donors (Lipinski definition) is 2. The molecule has 0 aliphatic rings. The fourth-order valence-electron chi connectivity index (χ4n) is 0.893. The van der Waals surface area contributed by atoms with E-state index in [1.165, 1.54) is 0 Å². The average Bonchev–Trinajstić information content (AvgIpc) is 1.78. The first-order valence-electron chi connectivity index (χ1n) is 3.17. The van der Waals surface area contributed by atoms with Crippen molar-refractivity contribution >= 4 is 18.3 Å². The van der Waals surface area contributed by atoms with Crippen LogP contribution in [0.1, 0.15) is 5.56 Å². The summed E-state index contributed by atoms with van der Waals surface area (Å²) in [6, 6.07) is 1.57. The molecule has 72 valence electrons. The molecule has 2 N–H and O–H groups in total. The van der Waals surface area contributed by atoms with Crippen molar-refractivity contribution in [1.82, 2.24) is 0 Å². The molecule has 1 nitrogen and oxygen atoms in total. The van der Waals surface area contributed by atoms with E-state index in [2.05, 4.69) is 12.6 Å². The lowest BCUT2D eigenvalue weighted by Gasteiger charge is -2.10. The van der Waals surface area contributed by atoms with Gasteiger partial charge in [-0.2, -0.15) is 13.2 Å². The lowest BCUT2D eigenvalue weighted by atomic mass is 10.2. The monoisotopic (exact) mass is 211 g/mol. The van der Waals surface area contributed by atoms with Gasteiger partial charge in [-0.25, -0.2) is 4.39 Å². The van der Waals surface area contributed by atoms with E-state index in [1.807, 2.05) is 0 Å². The highest BCUT2D eigenvalue weighted by atomic mass is 32.1. The Labute approximate surface area is 77.0 Å². The standard InChI is InChI=1S/C7H5F4NS/c8-4-1-3(12)2-5(13)6(4)7(9,10)11/h1-2,13H,12H2. The zero-order valence-electron chi connectivity index (χ0n) is 6.19. The molecule has 0 aliphatic carbocycles. The van der Waals surface area contributed by atoms with Crippen LogP contribution in [0.4, 0.5) is 23.2 Å². The molecule has 0 saturated carbocycles. The Balaban J connectivity index is 3.38. The molecule has 1 rings (SSSR count). The van der Waals surface area contributed by atoms with Crippen molar-refractivity contribution in [3.8, 4) is 0 Å². The third-order valence-corrected chi connectivity index (χ3v) is 1.73. The molecule has 0 saturated heterocycles. The minimum absolute atomic E-state index is 0.0875. The number of thiol groups is 1. The van der Waals surface area contributed by atoms with Crippen molar-refractivity contribution in [1.29, 1.82) is 0 Å². The van der Waals surface area contributed by atoms with Crippen LogP contribution in [0.5, 0.6) is 0 Å². The molecule has 0 amide bonds. The number of alkyl halides is 3. The van der Waals surface area contributed by atoms with Gasteiger partial charge in [0.25, 0.3) is 0 Å². The van der Waals surface area contributed by atoms with E-state index in [1.54, 1.807) is 0 Å². The van der Waals surface area contributed by atoms with Crippen molar-refractivity contribution < 1.29 is 17.6 Å². The van der Waals surface area contributed by atoms with E-state index < -0.39 is 22.5 Å². The number of halogens is 4. The van der Waals surface area contributed by atoms with Crippen molar-refractivity contribution in [2.24, 2.45) is 0 Å².